The molecule has 2 aromatic carbocycles. The van der Waals surface area contributed by atoms with Crippen molar-refractivity contribution in [3.8, 4) is 5.75 Å². The van der Waals surface area contributed by atoms with Crippen LogP contribution in [0.1, 0.15) is 36.1 Å². The van der Waals surface area contributed by atoms with E-state index in [1.165, 1.54) is 16.7 Å². The lowest BCUT2D eigenvalue weighted by Gasteiger charge is -2.27. The van der Waals surface area contributed by atoms with Crippen LogP contribution < -0.4 is 15.8 Å². The van der Waals surface area contributed by atoms with Crippen LogP contribution in [0.15, 0.2) is 42.5 Å². The highest BCUT2D eigenvalue weighted by molar-refractivity contribution is 5.42. The summed E-state index contributed by atoms with van der Waals surface area (Å²) in [6.07, 6.45) is 1.07. The van der Waals surface area contributed by atoms with Crippen LogP contribution in [-0.2, 0) is 0 Å². The summed E-state index contributed by atoms with van der Waals surface area (Å²) in [5.74, 6) is 1.38. The topological polar surface area (TPSA) is 47.3 Å². The van der Waals surface area contributed by atoms with Crippen LogP contribution in [0.2, 0.25) is 0 Å². The number of nitrogens with two attached hydrogens (primary N) is 1. The molecule has 2 unspecified atom stereocenters. The van der Waals surface area contributed by atoms with Gasteiger partial charge in [0.15, 0.2) is 0 Å². The van der Waals surface area contributed by atoms with E-state index in [0.717, 1.165) is 24.4 Å². The fourth-order valence-electron chi connectivity index (χ4n) is 2.83. The molecule has 0 aromatic heterocycles. The number of nitrogens with one attached hydrogen (secondary N) is 1. The summed E-state index contributed by atoms with van der Waals surface area (Å²) < 4.78 is 6.49. The number of para-hydroxylation sites is 1. The van der Waals surface area contributed by atoms with E-state index in [4.69, 9.17) is 10.5 Å². The normalized spacial score (nSPS) is 13.6. The SMILES string of the molecule is CNCCC(C)C(Oc1c(C)cccc1C)c1ccc(N)cc1. The summed E-state index contributed by atoms with van der Waals surface area (Å²) >= 11 is 0. The van der Waals surface area contributed by atoms with Crippen LogP contribution in [-0.4, -0.2) is 13.6 Å². The Morgan fingerprint density at radius 1 is 1.04 bits per heavy atom. The van der Waals surface area contributed by atoms with E-state index in [9.17, 15) is 0 Å². The lowest BCUT2D eigenvalue weighted by atomic mass is 9.94. The van der Waals surface area contributed by atoms with Gasteiger partial charge in [0, 0.05) is 5.69 Å². The van der Waals surface area contributed by atoms with Crippen LogP contribution in [0.25, 0.3) is 0 Å². The summed E-state index contributed by atoms with van der Waals surface area (Å²) in [4.78, 5) is 0. The third-order valence-corrected chi connectivity index (χ3v) is 4.29. The van der Waals surface area contributed by atoms with Gasteiger partial charge in [-0.05, 0) is 68.6 Å². The summed E-state index contributed by atoms with van der Waals surface area (Å²) in [5, 5.41) is 3.23. The lowest BCUT2D eigenvalue weighted by Crippen LogP contribution is -2.21. The van der Waals surface area contributed by atoms with Gasteiger partial charge in [-0.15, -0.1) is 0 Å². The third kappa shape index (κ3) is 4.49. The zero-order valence-corrected chi connectivity index (χ0v) is 14.6. The third-order valence-electron chi connectivity index (χ3n) is 4.29. The van der Waals surface area contributed by atoms with E-state index in [-0.39, 0.29) is 6.10 Å². The molecular weight excluding hydrogens is 284 g/mol. The van der Waals surface area contributed by atoms with Gasteiger partial charge in [-0.3, -0.25) is 0 Å². The molecule has 0 fully saturated rings. The van der Waals surface area contributed by atoms with E-state index in [1.807, 2.05) is 19.2 Å². The fraction of sp³-hybridized carbons (Fsp3) is 0.400. The summed E-state index contributed by atoms with van der Waals surface area (Å²) in [6, 6.07) is 14.3. The van der Waals surface area contributed by atoms with Crippen molar-refractivity contribution in [1.82, 2.24) is 5.32 Å². The zero-order chi connectivity index (χ0) is 16.8. The van der Waals surface area contributed by atoms with E-state index >= 15 is 0 Å². The monoisotopic (exact) mass is 312 g/mol. The van der Waals surface area contributed by atoms with Crippen molar-refractivity contribution in [2.45, 2.75) is 33.3 Å². The quantitative estimate of drug-likeness (QED) is 0.751. The molecule has 0 bridgehead atoms. The largest absolute Gasteiger partial charge is 0.485 e. The standard InChI is InChI=1S/C20H28N2O/c1-14-6-5-7-15(2)19(14)23-20(16(3)12-13-22-4)17-8-10-18(21)11-9-17/h5-11,16,20,22H,12-13,21H2,1-4H3. The number of rotatable bonds is 7. The van der Waals surface area contributed by atoms with Gasteiger partial charge in [-0.2, -0.15) is 0 Å². The fourth-order valence-corrected chi connectivity index (χ4v) is 2.83. The van der Waals surface area contributed by atoms with Crippen molar-refractivity contribution < 1.29 is 4.74 Å². The van der Waals surface area contributed by atoms with Gasteiger partial charge in [0.05, 0.1) is 0 Å². The van der Waals surface area contributed by atoms with E-state index < -0.39 is 0 Å². The molecule has 0 amide bonds. The molecule has 0 aliphatic carbocycles. The first-order valence-electron chi connectivity index (χ1n) is 8.26. The minimum atomic E-state index is 0.0174. The number of anilines is 1. The molecule has 3 heteroatoms. The number of nitrogen functional groups attached to an aromatic ring is 1. The Bertz CT molecular complexity index is 602. The number of hydrogen-bond donors (Lipinski definition) is 2. The maximum Gasteiger partial charge on any atom is 0.126 e. The second kappa shape index (κ2) is 8.02. The Labute approximate surface area is 139 Å². The molecule has 0 aliphatic rings. The van der Waals surface area contributed by atoms with Crippen molar-refractivity contribution in [1.29, 1.82) is 0 Å². The van der Waals surface area contributed by atoms with Crippen molar-refractivity contribution in [2.75, 3.05) is 19.3 Å². The highest BCUT2D eigenvalue weighted by atomic mass is 16.5. The van der Waals surface area contributed by atoms with Crippen LogP contribution in [0.3, 0.4) is 0 Å². The maximum atomic E-state index is 6.49. The minimum absolute atomic E-state index is 0.0174. The lowest BCUT2D eigenvalue weighted by molar-refractivity contribution is 0.137. The molecule has 124 valence electrons. The van der Waals surface area contributed by atoms with Gasteiger partial charge in [0.25, 0.3) is 0 Å². The summed E-state index contributed by atoms with van der Waals surface area (Å²) in [7, 11) is 1.98. The molecule has 23 heavy (non-hydrogen) atoms. The highest BCUT2D eigenvalue weighted by Gasteiger charge is 2.22. The van der Waals surface area contributed by atoms with Crippen molar-refractivity contribution >= 4 is 5.69 Å². The van der Waals surface area contributed by atoms with Gasteiger partial charge in [-0.1, -0.05) is 37.3 Å². The molecule has 3 nitrogen and oxygen atoms in total. The van der Waals surface area contributed by atoms with Crippen molar-refractivity contribution in [3.05, 3.63) is 59.2 Å². The average molecular weight is 312 g/mol. The Kier molecular flexibility index (Phi) is 6.05. The second-order valence-corrected chi connectivity index (χ2v) is 6.30. The molecule has 0 saturated heterocycles. The van der Waals surface area contributed by atoms with E-state index in [1.54, 1.807) is 0 Å². The number of aryl methyl sites for hydroxylation is 2. The first-order chi connectivity index (χ1) is 11.0. The molecule has 2 rings (SSSR count). The molecule has 2 atom stereocenters. The van der Waals surface area contributed by atoms with Gasteiger partial charge in [0.2, 0.25) is 0 Å². The molecule has 0 radical (unpaired) electrons. The Balaban J connectivity index is 2.31. The zero-order valence-electron chi connectivity index (χ0n) is 14.6. The molecular formula is C20H28N2O. The first-order valence-corrected chi connectivity index (χ1v) is 8.26. The van der Waals surface area contributed by atoms with E-state index in [0.29, 0.717) is 5.92 Å². The first kappa shape index (κ1) is 17.4. The van der Waals surface area contributed by atoms with Crippen molar-refractivity contribution in [2.24, 2.45) is 5.92 Å². The number of benzene rings is 2. The smallest absolute Gasteiger partial charge is 0.126 e. The second-order valence-electron chi connectivity index (χ2n) is 6.30. The van der Waals surface area contributed by atoms with Crippen LogP contribution in [0.5, 0.6) is 5.75 Å². The molecule has 3 N–H and O–H groups in total. The Hall–Kier alpha value is -2.00. The Morgan fingerprint density at radius 3 is 2.22 bits per heavy atom. The number of ether oxygens (including phenoxy) is 1. The van der Waals surface area contributed by atoms with Crippen LogP contribution in [0, 0.1) is 19.8 Å². The molecule has 0 saturated carbocycles. The average Bonchev–Trinajstić information content (AvgIpc) is 2.53. The van der Waals surface area contributed by atoms with Gasteiger partial charge in [0.1, 0.15) is 11.9 Å². The van der Waals surface area contributed by atoms with Gasteiger partial charge in [-0.25, -0.2) is 0 Å². The predicted molar refractivity (Wildman–Crippen MR) is 97.8 cm³/mol. The maximum absolute atomic E-state index is 6.49. The molecule has 0 aliphatic heterocycles. The van der Waals surface area contributed by atoms with Crippen molar-refractivity contribution in [3.63, 3.8) is 0 Å². The summed E-state index contributed by atoms with van der Waals surface area (Å²) in [5.41, 5.74) is 10.1. The molecule has 2 aromatic rings. The van der Waals surface area contributed by atoms with Gasteiger partial charge < -0.3 is 15.8 Å². The number of hydrogen-bond acceptors (Lipinski definition) is 3. The highest BCUT2D eigenvalue weighted by Crippen LogP contribution is 2.34. The van der Waals surface area contributed by atoms with E-state index in [2.05, 4.69) is 56.4 Å². The molecule has 0 heterocycles. The Morgan fingerprint density at radius 2 is 1.65 bits per heavy atom. The molecule has 0 spiro atoms. The predicted octanol–water partition coefficient (Wildman–Crippen LogP) is 4.25. The van der Waals surface area contributed by atoms with Gasteiger partial charge >= 0.3 is 0 Å². The minimum Gasteiger partial charge on any atom is -0.485 e. The van der Waals surface area contributed by atoms with Crippen LogP contribution in [0.4, 0.5) is 5.69 Å². The summed E-state index contributed by atoms with van der Waals surface area (Å²) in [6.45, 7) is 7.41. The van der Waals surface area contributed by atoms with Crippen LogP contribution >= 0.6 is 0 Å².